The Labute approximate surface area is 142 Å². The number of nitrogens with one attached hydrogen (secondary N) is 1. The Balaban J connectivity index is 0.000000277. The van der Waals surface area contributed by atoms with Crippen molar-refractivity contribution in [2.45, 2.75) is 31.4 Å². The molecule has 0 radical (unpaired) electrons. The molecule has 2 heterocycles. The molecule has 0 aliphatic carbocycles. The smallest absolute Gasteiger partial charge is 0.475 e. The Hall–Kier alpha value is -2.35. The van der Waals surface area contributed by atoms with Crippen molar-refractivity contribution in [1.29, 1.82) is 0 Å². The zero-order chi connectivity index (χ0) is 18.3. The van der Waals surface area contributed by atoms with Crippen LogP contribution in [0, 0.1) is 0 Å². The van der Waals surface area contributed by atoms with E-state index in [0.29, 0.717) is 5.92 Å². The highest BCUT2D eigenvalue weighted by Gasteiger charge is 2.38. The summed E-state index contributed by atoms with van der Waals surface area (Å²) in [6, 6.07) is 12.5. The number of hydrogen-bond acceptors (Lipinski definition) is 4. The summed E-state index contributed by atoms with van der Waals surface area (Å²) in [5, 5.41) is 14.7. The van der Waals surface area contributed by atoms with Crippen LogP contribution in [0.3, 0.4) is 0 Å². The molecular weight excluding hydrogens is 337 g/mol. The number of carbonyl (C=O) groups is 1. The van der Waals surface area contributed by atoms with Crippen LogP contribution in [0.5, 0.6) is 0 Å². The first kappa shape index (κ1) is 19.0. The monoisotopic (exact) mass is 356 g/mol. The second-order valence-corrected chi connectivity index (χ2v) is 5.71. The average molecular weight is 356 g/mol. The highest BCUT2D eigenvalue weighted by atomic mass is 19.4. The number of piperidine rings is 1. The highest BCUT2D eigenvalue weighted by molar-refractivity contribution is 5.73. The van der Waals surface area contributed by atoms with Gasteiger partial charge < -0.3 is 14.9 Å². The Morgan fingerprint density at radius 2 is 1.84 bits per heavy atom. The molecule has 0 amide bonds. The van der Waals surface area contributed by atoms with Crippen molar-refractivity contribution in [2.24, 2.45) is 0 Å². The molecule has 2 N–H and O–H groups in total. The first-order valence-corrected chi connectivity index (χ1v) is 7.86. The van der Waals surface area contributed by atoms with Gasteiger partial charge in [0.1, 0.15) is 5.76 Å². The number of halogens is 3. The molecule has 1 aromatic heterocycles. The van der Waals surface area contributed by atoms with Crippen molar-refractivity contribution in [3.05, 3.63) is 53.4 Å². The van der Waals surface area contributed by atoms with E-state index in [1.54, 1.807) is 0 Å². The van der Waals surface area contributed by atoms with Gasteiger partial charge in [0.2, 0.25) is 0 Å². The van der Waals surface area contributed by atoms with Crippen LogP contribution in [0.15, 0.2) is 40.9 Å². The van der Waals surface area contributed by atoms with Gasteiger partial charge in [0, 0.05) is 18.4 Å². The van der Waals surface area contributed by atoms with Gasteiger partial charge in [-0.05, 0) is 31.5 Å². The quantitative estimate of drug-likeness (QED) is 0.882. The van der Waals surface area contributed by atoms with Gasteiger partial charge in [-0.3, -0.25) is 0 Å². The molecule has 1 saturated heterocycles. The predicted octanol–water partition coefficient (Wildman–Crippen LogP) is 3.37. The molecule has 1 aromatic carbocycles. The molecule has 0 unspecified atom stereocenters. The third kappa shape index (κ3) is 6.22. The van der Waals surface area contributed by atoms with Gasteiger partial charge >= 0.3 is 12.1 Å². The maximum atomic E-state index is 10.6. The normalized spacial score (nSPS) is 15.3. The van der Waals surface area contributed by atoms with Crippen molar-refractivity contribution in [3.63, 3.8) is 0 Å². The number of alkyl halides is 3. The number of carboxylic acid groups (broad SMARTS) is 1. The summed E-state index contributed by atoms with van der Waals surface area (Å²) < 4.78 is 37.2. The van der Waals surface area contributed by atoms with E-state index < -0.39 is 12.1 Å². The van der Waals surface area contributed by atoms with Gasteiger partial charge in [-0.25, -0.2) is 4.79 Å². The van der Waals surface area contributed by atoms with Crippen LogP contribution in [-0.4, -0.2) is 35.5 Å². The maximum Gasteiger partial charge on any atom is 0.490 e. The van der Waals surface area contributed by atoms with Crippen LogP contribution in [0.1, 0.15) is 35.8 Å². The summed E-state index contributed by atoms with van der Waals surface area (Å²) in [6.45, 7) is 2.17. The lowest BCUT2D eigenvalue weighted by Gasteiger charge is -2.19. The minimum atomic E-state index is -5.08. The van der Waals surface area contributed by atoms with Gasteiger partial charge in [-0.15, -0.1) is 0 Å². The molecule has 1 aliphatic heterocycles. The lowest BCUT2D eigenvalue weighted by Crippen LogP contribution is -2.26. The topological polar surface area (TPSA) is 75.4 Å². The van der Waals surface area contributed by atoms with Crippen molar-refractivity contribution in [2.75, 3.05) is 13.1 Å². The number of aliphatic carboxylic acids is 1. The zero-order valence-corrected chi connectivity index (χ0v) is 13.4. The molecule has 3 rings (SSSR count). The van der Waals surface area contributed by atoms with E-state index in [-0.39, 0.29) is 0 Å². The lowest BCUT2D eigenvalue weighted by atomic mass is 9.95. The largest absolute Gasteiger partial charge is 0.490 e. The van der Waals surface area contributed by atoms with Crippen molar-refractivity contribution < 1.29 is 27.6 Å². The molecule has 8 heteroatoms. The SMILES string of the molecule is O=C(O)C(F)(F)F.c1ccc(Cc2cc(C3CCNCC3)on2)cc1. The standard InChI is InChI=1S/C15H18N2O.C2HF3O2/c1-2-4-12(5-3-1)10-14-11-15(18-17-14)13-6-8-16-9-7-13;3-2(4,5)1(6)7/h1-5,11,13,16H,6-10H2;(H,6,7). The Morgan fingerprint density at radius 3 is 2.40 bits per heavy atom. The van der Waals surface area contributed by atoms with Crippen LogP contribution in [0.25, 0.3) is 0 Å². The molecular formula is C17H19F3N2O3. The third-order valence-electron chi connectivity index (χ3n) is 3.79. The number of nitrogens with zero attached hydrogens (tertiary/aromatic N) is 1. The average Bonchev–Trinajstić information content (AvgIpc) is 3.05. The summed E-state index contributed by atoms with van der Waals surface area (Å²) in [5.41, 5.74) is 2.32. The van der Waals surface area contributed by atoms with Crippen molar-refractivity contribution in [1.82, 2.24) is 10.5 Å². The van der Waals surface area contributed by atoms with Crippen LogP contribution < -0.4 is 5.32 Å². The van der Waals surface area contributed by atoms with Gasteiger partial charge in [-0.2, -0.15) is 13.2 Å². The Morgan fingerprint density at radius 1 is 1.24 bits per heavy atom. The molecule has 1 aliphatic rings. The molecule has 0 saturated carbocycles. The number of rotatable bonds is 3. The van der Waals surface area contributed by atoms with Crippen LogP contribution in [0.4, 0.5) is 13.2 Å². The Kier molecular flexibility index (Phi) is 6.58. The fourth-order valence-corrected chi connectivity index (χ4v) is 2.52. The van der Waals surface area contributed by atoms with Crippen LogP contribution in [-0.2, 0) is 11.2 Å². The van der Waals surface area contributed by atoms with Crippen LogP contribution >= 0.6 is 0 Å². The Bertz CT molecular complexity index is 665. The number of aromatic nitrogens is 1. The minimum absolute atomic E-state index is 0.545. The van der Waals surface area contributed by atoms with Gasteiger partial charge in [0.05, 0.1) is 5.69 Å². The summed E-state index contributed by atoms with van der Waals surface area (Å²) in [4.78, 5) is 8.90. The maximum absolute atomic E-state index is 10.6. The predicted molar refractivity (Wildman–Crippen MR) is 84.3 cm³/mol. The number of benzene rings is 1. The van der Waals surface area contributed by atoms with Gasteiger partial charge in [0.15, 0.2) is 0 Å². The summed E-state index contributed by atoms with van der Waals surface area (Å²) in [5.74, 6) is -1.15. The van der Waals surface area contributed by atoms with Crippen molar-refractivity contribution >= 4 is 5.97 Å². The van der Waals surface area contributed by atoms with E-state index in [1.165, 1.54) is 5.56 Å². The summed E-state index contributed by atoms with van der Waals surface area (Å²) in [7, 11) is 0. The molecule has 0 bridgehead atoms. The van der Waals surface area contributed by atoms with Gasteiger partial charge in [-0.1, -0.05) is 35.5 Å². The number of carboxylic acids is 1. The van der Waals surface area contributed by atoms with E-state index in [9.17, 15) is 13.2 Å². The minimum Gasteiger partial charge on any atom is -0.475 e. The first-order chi connectivity index (χ1) is 11.9. The molecule has 0 spiro atoms. The summed E-state index contributed by atoms with van der Waals surface area (Å²) in [6.07, 6.45) is -1.92. The second kappa shape index (κ2) is 8.66. The molecule has 0 atom stereocenters. The lowest BCUT2D eigenvalue weighted by molar-refractivity contribution is -0.192. The van der Waals surface area contributed by atoms with E-state index in [4.69, 9.17) is 14.4 Å². The second-order valence-electron chi connectivity index (χ2n) is 5.71. The zero-order valence-electron chi connectivity index (χ0n) is 13.4. The highest BCUT2D eigenvalue weighted by Crippen LogP contribution is 2.26. The molecule has 2 aromatic rings. The first-order valence-electron chi connectivity index (χ1n) is 7.86. The molecule has 5 nitrogen and oxygen atoms in total. The van der Waals surface area contributed by atoms with E-state index in [1.807, 2.05) is 6.07 Å². The van der Waals surface area contributed by atoms with E-state index >= 15 is 0 Å². The molecule has 1 fully saturated rings. The third-order valence-corrected chi connectivity index (χ3v) is 3.79. The van der Waals surface area contributed by atoms with Crippen molar-refractivity contribution in [3.8, 4) is 0 Å². The fraction of sp³-hybridized carbons (Fsp3) is 0.412. The molecule has 136 valence electrons. The van der Waals surface area contributed by atoms with Gasteiger partial charge in [0.25, 0.3) is 0 Å². The van der Waals surface area contributed by atoms with E-state index in [0.717, 1.165) is 43.8 Å². The number of hydrogen-bond donors (Lipinski definition) is 2. The van der Waals surface area contributed by atoms with Crippen LogP contribution in [0.2, 0.25) is 0 Å². The fourth-order valence-electron chi connectivity index (χ4n) is 2.52. The summed E-state index contributed by atoms with van der Waals surface area (Å²) >= 11 is 0. The van der Waals surface area contributed by atoms with E-state index in [2.05, 4.69) is 40.8 Å². The molecule has 25 heavy (non-hydrogen) atoms.